The molecule has 0 spiro atoms. The standard InChI is InChI=1S/C19H33NO3/c1-4-6-7-16(5-2)12-20-13-18(21)15-23-14-17-8-10-19(22-3)11-9-17/h8-11,16,18,20-21H,4-7,12-15H2,1-3H3/p+1/t16-,18+/m1/s1. The Hall–Kier alpha value is -1.10. The summed E-state index contributed by atoms with van der Waals surface area (Å²) in [5.74, 6) is 1.61. The molecule has 0 aliphatic heterocycles. The number of rotatable bonds is 13. The minimum atomic E-state index is -0.406. The first-order valence-corrected chi connectivity index (χ1v) is 8.89. The lowest BCUT2D eigenvalue weighted by molar-refractivity contribution is -0.667. The van der Waals surface area contributed by atoms with Crippen molar-refractivity contribution in [1.82, 2.24) is 0 Å². The first kappa shape index (κ1) is 19.9. The molecule has 3 N–H and O–H groups in total. The highest BCUT2D eigenvalue weighted by atomic mass is 16.5. The fourth-order valence-corrected chi connectivity index (χ4v) is 2.61. The number of nitrogens with two attached hydrogens (primary N) is 1. The normalized spacial score (nSPS) is 13.7. The Bertz CT molecular complexity index is 394. The molecule has 1 aromatic rings. The maximum atomic E-state index is 9.99. The molecule has 132 valence electrons. The second kappa shape index (κ2) is 12.3. The second-order valence-corrected chi connectivity index (χ2v) is 6.19. The van der Waals surface area contributed by atoms with E-state index in [0.29, 0.717) is 19.8 Å². The number of hydrogen-bond acceptors (Lipinski definition) is 3. The van der Waals surface area contributed by atoms with Gasteiger partial charge in [0.2, 0.25) is 0 Å². The van der Waals surface area contributed by atoms with Crippen LogP contribution in [0.4, 0.5) is 0 Å². The fraction of sp³-hybridized carbons (Fsp3) is 0.684. The van der Waals surface area contributed by atoms with Gasteiger partial charge in [0.15, 0.2) is 0 Å². The third-order valence-electron chi connectivity index (χ3n) is 4.22. The van der Waals surface area contributed by atoms with E-state index in [-0.39, 0.29) is 0 Å². The van der Waals surface area contributed by atoms with Crippen LogP contribution in [0.15, 0.2) is 24.3 Å². The van der Waals surface area contributed by atoms with E-state index in [9.17, 15) is 5.11 Å². The molecule has 0 aliphatic rings. The zero-order valence-corrected chi connectivity index (χ0v) is 15.0. The summed E-state index contributed by atoms with van der Waals surface area (Å²) < 4.78 is 10.7. The molecule has 2 atom stereocenters. The average molecular weight is 324 g/mol. The maximum absolute atomic E-state index is 9.99. The van der Waals surface area contributed by atoms with Crippen LogP contribution in [0.5, 0.6) is 5.75 Å². The number of unbranched alkanes of at least 4 members (excludes halogenated alkanes) is 1. The number of aliphatic hydroxyl groups excluding tert-OH is 1. The second-order valence-electron chi connectivity index (χ2n) is 6.19. The Balaban J connectivity index is 2.12. The molecule has 0 amide bonds. The van der Waals surface area contributed by atoms with Gasteiger partial charge in [0.25, 0.3) is 0 Å². The molecule has 1 rings (SSSR count). The van der Waals surface area contributed by atoms with Gasteiger partial charge in [0.1, 0.15) is 18.4 Å². The summed E-state index contributed by atoms with van der Waals surface area (Å²) in [6.07, 6.45) is 4.68. The van der Waals surface area contributed by atoms with Gasteiger partial charge in [-0.25, -0.2) is 0 Å². The molecule has 4 nitrogen and oxygen atoms in total. The summed E-state index contributed by atoms with van der Waals surface area (Å²) in [6.45, 7) is 7.21. The molecule has 0 unspecified atom stereocenters. The van der Waals surface area contributed by atoms with Crippen molar-refractivity contribution in [3.63, 3.8) is 0 Å². The molecule has 0 fully saturated rings. The van der Waals surface area contributed by atoms with E-state index < -0.39 is 6.10 Å². The van der Waals surface area contributed by atoms with Gasteiger partial charge < -0.3 is 19.9 Å². The summed E-state index contributed by atoms with van der Waals surface area (Å²) in [5.41, 5.74) is 1.09. The van der Waals surface area contributed by atoms with E-state index in [1.54, 1.807) is 7.11 Å². The number of benzene rings is 1. The van der Waals surface area contributed by atoms with Crippen LogP contribution in [0.1, 0.15) is 45.1 Å². The molecule has 0 heterocycles. The quantitative estimate of drug-likeness (QED) is 0.586. The van der Waals surface area contributed by atoms with Gasteiger partial charge in [-0.1, -0.05) is 38.8 Å². The van der Waals surface area contributed by atoms with Crippen LogP contribution < -0.4 is 10.1 Å². The monoisotopic (exact) mass is 324 g/mol. The summed E-state index contributed by atoms with van der Waals surface area (Å²) in [7, 11) is 1.66. The van der Waals surface area contributed by atoms with Crippen molar-refractivity contribution < 1.29 is 19.9 Å². The molecule has 1 aromatic carbocycles. The van der Waals surface area contributed by atoms with Crippen molar-refractivity contribution in [3.8, 4) is 5.75 Å². The summed E-state index contributed by atoms with van der Waals surface area (Å²) in [6, 6.07) is 7.81. The van der Waals surface area contributed by atoms with Crippen molar-refractivity contribution in [2.45, 2.75) is 52.2 Å². The highest BCUT2D eigenvalue weighted by molar-refractivity contribution is 5.26. The third-order valence-corrected chi connectivity index (χ3v) is 4.22. The first-order valence-electron chi connectivity index (χ1n) is 8.89. The van der Waals surface area contributed by atoms with E-state index in [1.165, 1.54) is 25.7 Å². The molecular formula is C19H34NO3+. The largest absolute Gasteiger partial charge is 0.497 e. The predicted octanol–water partition coefficient (Wildman–Crippen LogP) is 2.35. The Morgan fingerprint density at radius 3 is 2.48 bits per heavy atom. The van der Waals surface area contributed by atoms with E-state index in [1.807, 2.05) is 24.3 Å². The lowest BCUT2D eigenvalue weighted by Crippen LogP contribution is -2.87. The van der Waals surface area contributed by atoms with Crippen molar-refractivity contribution in [2.24, 2.45) is 5.92 Å². The maximum Gasteiger partial charge on any atom is 0.126 e. The van der Waals surface area contributed by atoms with Crippen molar-refractivity contribution in [1.29, 1.82) is 0 Å². The summed E-state index contributed by atoms with van der Waals surface area (Å²) in [4.78, 5) is 0. The van der Waals surface area contributed by atoms with E-state index in [2.05, 4.69) is 19.2 Å². The Labute approximate surface area is 141 Å². The van der Waals surface area contributed by atoms with Crippen LogP contribution in [-0.4, -0.2) is 38.0 Å². The summed E-state index contributed by atoms with van der Waals surface area (Å²) >= 11 is 0. The minimum Gasteiger partial charge on any atom is -0.497 e. The molecule has 23 heavy (non-hydrogen) atoms. The Morgan fingerprint density at radius 2 is 1.87 bits per heavy atom. The fourth-order valence-electron chi connectivity index (χ4n) is 2.61. The molecule has 4 heteroatoms. The van der Waals surface area contributed by atoms with Gasteiger partial charge in [-0.05, 0) is 30.5 Å². The van der Waals surface area contributed by atoms with Crippen LogP contribution in [0.2, 0.25) is 0 Å². The number of methoxy groups -OCH3 is 1. The average Bonchev–Trinajstić information content (AvgIpc) is 2.58. The van der Waals surface area contributed by atoms with Gasteiger partial charge in [0.05, 0.1) is 26.9 Å². The molecule has 0 bridgehead atoms. The zero-order valence-electron chi connectivity index (χ0n) is 15.0. The van der Waals surface area contributed by atoms with Crippen molar-refractivity contribution in [3.05, 3.63) is 29.8 Å². The smallest absolute Gasteiger partial charge is 0.126 e. The van der Waals surface area contributed by atoms with Crippen molar-refractivity contribution >= 4 is 0 Å². The van der Waals surface area contributed by atoms with Gasteiger partial charge >= 0.3 is 0 Å². The molecular weight excluding hydrogens is 290 g/mol. The van der Waals surface area contributed by atoms with E-state index in [4.69, 9.17) is 9.47 Å². The predicted molar refractivity (Wildman–Crippen MR) is 93.6 cm³/mol. The molecule has 0 saturated heterocycles. The Morgan fingerprint density at radius 1 is 1.13 bits per heavy atom. The van der Waals surface area contributed by atoms with Crippen LogP contribution in [0.3, 0.4) is 0 Å². The number of aliphatic hydroxyl groups is 1. The first-order chi connectivity index (χ1) is 11.2. The van der Waals surface area contributed by atoms with Gasteiger partial charge in [0, 0.05) is 5.92 Å². The minimum absolute atomic E-state index is 0.383. The van der Waals surface area contributed by atoms with E-state index >= 15 is 0 Å². The molecule has 0 aliphatic carbocycles. The van der Waals surface area contributed by atoms with Crippen molar-refractivity contribution in [2.75, 3.05) is 26.8 Å². The Kier molecular flexibility index (Phi) is 10.7. The highest BCUT2D eigenvalue weighted by Gasteiger charge is 2.11. The van der Waals surface area contributed by atoms with Gasteiger partial charge in [-0.3, -0.25) is 0 Å². The lowest BCUT2D eigenvalue weighted by Gasteiger charge is -2.15. The van der Waals surface area contributed by atoms with Crippen LogP contribution in [-0.2, 0) is 11.3 Å². The topological polar surface area (TPSA) is 55.3 Å². The molecule has 0 aromatic heterocycles. The molecule has 0 saturated carbocycles. The van der Waals surface area contributed by atoms with Crippen LogP contribution in [0.25, 0.3) is 0 Å². The summed E-state index contributed by atoms with van der Waals surface area (Å²) in [5, 5.41) is 12.2. The van der Waals surface area contributed by atoms with Gasteiger partial charge in [-0.15, -0.1) is 0 Å². The highest BCUT2D eigenvalue weighted by Crippen LogP contribution is 2.12. The lowest BCUT2D eigenvalue weighted by atomic mass is 9.99. The van der Waals surface area contributed by atoms with Crippen LogP contribution >= 0.6 is 0 Å². The SMILES string of the molecule is CCCC[C@@H](CC)C[NH2+]C[C@H](O)COCc1ccc(OC)cc1. The van der Waals surface area contributed by atoms with Gasteiger partial charge in [-0.2, -0.15) is 0 Å². The van der Waals surface area contributed by atoms with Crippen LogP contribution in [0, 0.1) is 5.92 Å². The number of ether oxygens (including phenoxy) is 2. The number of hydrogen-bond donors (Lipinski definition) is 2. The third kappa shape index (κ3) is 8.94. The number of quaternary nitrogens is 1. The van der Waals surface area contributed by atoms with E-state index in [0.717, 1.165) is 23.8 Å². The zero-order chi connectivity index (χ0) is 16.9. The molecule has 0 radical (unpaired) electrons.